The summed E-state index contributed by atoms with van der Waals surface area (Å²) in [5.74, 6) is 1.47. The number of benzene rings is 1. The van der Waals surface area contributed by atoms with E-state index < -0.39 is 11.7 Å². The van der Waals surface area contributed by atoms with Crippen LogP contribution in [0, 0.1) is 0 Å². The molecule has 2 aromatic heterocycles. The van der Waals surface area contributed by atoms with E-state index in [-0.39, 0.29) is 11.7 Å². The average Bonchev–Trinajstić information content (AvgIpc) is 3.35. The molecule has 4 rings (SSSR count). The Morgan fingerprint density at radius 2 is 1.82 bits per heavy atom. The largest absolute Gasteiger partial charge is 0.467 e. The van der Waals surface area contributed by atoms with Crippen molar-refractivity contribution in [3.63, 3.8) is 0 Å². The molecule has 33 heavy (non-hydrogen) atoms. The molecule has 1 aliphatic heterocycles. The molecule has 0 saturated carbocycles. The standard InChI is InChI=1S/C22H22F3N5O2S/c23-22(24,25)16-3-1-4-17(13-16)29-8-10-30(11-9-29)19-6-7-21(28-27-19)33-15-20(31)26-14-18-5-2-12-32-18/h1-7,12-13H,8-11,14-15H2,(H,26,31). The highest BCUT2D eigenvalue weighted by atomic mass is 32.2. The molecule has 0 radical (unpaired) electrons. The maximum Gasteiger partial charge on any atom is 0.416 e. The summed E-state index contributed by atoms with van der Waals surface area (Å²) in [6.07, 6.45) is -2.80. The second-order valence-electron chi connectivity index (χ2n) is 7.40. The van der Waals surface area contributed by atoms with Gasteiger partial charge in [0.25, 0.3) is 0 Å². The van der Waals surface area contributed by atoms with Gasteiger partial charge in [0.15, 0.2) is 5.82 Å². The average molecular weight is 478 g/mol. The molecule has 0 aliphatic carbocycles. The lowest BCUT2D eigenvalue weighted by Gasteiger charge is -2.36. The van der Waals surface area contributed by atoms with Crippen LogP contribution in [-0.4, -0.2) is 48.0 Å². The predicted octanol–water partition coefficient (Wildman–Crippen LogP) is 3.82. The molecule has 3 aromatic rings. The van der Waals surface area contributed by atoms with E-state index in [2.05, 4.69) is 15.5 Å². The zero-order chi connectivity index (χ0) is 23.3. The third kappa shape index (κ3) is 6.19. The molecular weight excluding hydrogens is 455 g/mol. The molecular formula is C22H22F3N5O2S. The van der Waals surface area contributed by atoms with Crippen molar-refractivity contribution in [3.05, 3.63) is 66.1 Å². The fourth-order valence-corrected chi connectivity index (χ4v) is 4.06. The van der Waals surface area contributed by atoms with E-state index in [1.807, 2.05) is 21.9 Å². The van der Waals surface area contributed by atoms with Crippen LogP contribution in [0.4, 0.5) is 24.7 Å². The van der Waals surface area contributed by atoms with E-state index in [1.54, 1.807) is 24.5 Å². The van der Waals surface area contributed by atoms with Gasteiger partial charge in [0.2, 0.25) is 5.91 Å². The molecule has 11 heteroatoms. The number of aromatic nitrogens is 2. The summed E-state index contributed by atoms with van der Waals surface area (Å²) in [5, 5.41) is 11.8. The number of piperazine rings is 1. The van der Waals surface area contributed by atoms with Gasteiger partial charge in [-0.25, -0.2) is 0 Å². The molecule has 3 heterocycles. The number of alkyl halides is 3. The summed E-state index contributed by atoms with van der Waals surface area (Å²) in [7, 11) is 0. The van der Waals surface area contributed by atoms with Gasteiger partial charge in [0.1, 0.15) is 10.8 Å². The number of rotatable bonds is 7. The van der Waals surface area contributed by atoms with Crippen molar-refractivity contribution in [3.8, 4) is 0 Å². The normalized spacial score (nSPS) is 14.4. The van der Waals surface area contributed by atoms with Crippen LogP contribution >= 0.6 is 11.8 Å². The molecule has 174 valence electrons. The van der Waals surface area contributed by atoms with Crippen LogP contribution in [0.25, 0.3) is 0 Å². The minimum Gasteiger partial charge on any atom is -0.467 e. The van der Waals surface area contributed by atoms with Gasteiger partial charge in [-0.3, -0.25) is 4.79 Å². The summed E-state index contributed by atoms with van der Waals surface area (Å²) in [5.41, 5.74) is -0.0799. The number of amides is 1. The fourth-order valence-electron chi connectivity index (χ4n) is 3.42. The van der Waals surface area contributed by atoms with Gasteiger partial charge in [-0.15, -0.1) is 10.2 Å². The monoisotopic (exact) mass is 477 g/mol. The third-order valence-corrected chi connectivity index (χ3v) is 6.08. The number of halogens is 3. The van der Waals surface area contributed by atoms with Crippen LogP contribution in [0.5, 0.6) is 0 Å². The number of nitrogens with one attached hydrogen (secondary N) is 1. The molecule has 1 amide bonds. The Labute approximate surface area is 193 Å². The maximum atomic E-state index is 13.0. The van der Waals surface area contributed by atoms with Crippen LogP contribution in [0.3, 0.4) is 0 Å². The van der Waals surface area contributed by atoms with Crippen molar-refractivity contribution in [2.75, 3.05) is 41.7 Å². The lowest BCUT2D eigenvalue weighted by Crippen LogP contribution is -2.47. The second kappa shape index (κ2) is 10.2. The first-order valence-corrected chi connectivity index (χ1v) is 11.3. The highest BCUT2D eigenvalue weighted by molar-refractivity contribution is 7.99. The van der Waals surface area contributed by atoms with Crippen molar-refractivity contribution in [1.82, 2.24) is 15.5 Å². The number of carbonyl (C=O) groups is 1. The molecule has 0 spiro atoms. The second-order valence-corrected chi connectivity index (χ2v) is 8.39. The molecule has 0 atom stereocenters. The Morgan fingerprint density at radius 3 is 2.48 bits per heavy atom. The first-order valence-electron chi connectivity index (χ1n) is 10.3. The fraction of sp³-hybridized carbons (Fsp3) is 0.318. The van der Waals surface area contributed by atoms with Crippen molar-refractivity contribution in [1.29, 1.82) is 0 Å². The van der Waals surface area contributed by atoms with Gasteiger partial charge >= 0.3 is 6.18 Å². The van der Waals surface area contributed by atoms with Crippen LogP contribution in [0.15, 0.2) is 64.2 Å². The summed E-state index contributed by atoms with van der Waals surface area (Å²) >= 11 is 1.29. The van der Waals surface area contributed by atoms with Gasteiger partial charge in [-0.1, -0.05) is 17.8 Å². The summed E-state index contributed by atoms with van der Waals surface area (Å²) in [4.78, 5) is 15.9. The zero-order valence-electron chi connectivity index (χ0n) is 17.6. The molecule has 1 aliphatic rings. The number of hydrogen-bond donors (Lipinski definition) is 1. The van der Waals surface area contributed by atoms with E-state index in [0.717, 1.165) is 6.07 Å². The number of thioether (sulfide) groups is 1. The van der Waals surface area contributed by atoms with E-state index >= 15 is 0 Å². The summed E-state index contributed by atoms with van der Waals surface area (Å²) in [6.45, 7) is 2.73. The Morgan fingerprint density at radius 1 is 1.03 bits per heavy atom. The van der Waals surface area contributed by atoms with Crippen LogP contribution < -0.4 is 15.1 Å². The van der Waals surface area contributed by atoms with Gasteiger partial charge in [0.05, 0.1) is 24.1 Å². The minimum atomic E-state index is -4.35. The number of furan rings is 1. The SMILES string of the molecule is O=C(CSc1ccc(N2CCN(c3cccc(C(F)(F)F)c3)CC2)nn1)NCc1ccco1. The highest BCUT2D eigenvalue weighted by Crippen LogP contribution is 2.32. The van der Waals surface area contributed by atoms with Gasteiger partial charge in [0, 0.05) is 31.9 Å². The Kier molecular flexibility index (Phi) is 7.07. The molecule has 0 bridgehead atoms. The predicted molar refractivity (Wildman–Crippen MR) is 119 cm³/mol. The molecule has 7 nitrogen and oxygen atoms in total. The number of hydrogen-bond acceptors (Lipinski definition) is 7. The molecule has 0 unspecified atom stereocenters. The van der Waals surface area contributed by atoms with E-state index in [0.29, 0.717) is 55.0 Å². The van der Waals surface area contributed by atoms with Crippen molar-refractivity contribution in [2.45, 2.75) is 17.7 Å². The van der Waals surface area contributed by atoms with Gasteiger partial charge in [-0.05, 0) is 42.5 Å². The van der Waals surface area contributed by atoms with Crippen molar-refractivity contribution in [2.24, 2.45) is 0 Å². The molecule has 1 aromatic carbocycles. The van der Waals surface area contributed by atoms with Crippen molar-refractivity contribution >= 4 is 29.2 Å². The molecule has 1 N–H and O–H groups in total. The van der Waals surface area contributed by atoms with E-state index in [9.17, 15) is 18.0 Å². The Hall–Kier alpha value is -3.21. The highest BCUT2D eigenvalue weighted by Gasteiger charge is 2.31. The Balaban J connectivity index is 1.25. The third-order valence-electron chi connectivity index (χ3n) is 5.16. The summed E-state index contributed by atoms with van der Waals surface area (Å²) < 4.78 is 44.1. The summed E-state index contributed by atoms with van der Waals surface area (Å²) in [6, 6.07) is 12.6. The van der Waals surface area contributed by atoms with Crippen LogP contribution in [0.2, 0.25) is 0 Å². The number of carbonyl (C=O) groups excluding carboxylic acids is 1. The van der Waals surface area contributed by atoms with Crippen LogP contribution in [-0.2, 0) is 17.5 Å². The van der Waals surface area contributed by atoms with Gasteiger partial charge in [-0.2, -0.15) is 13.2 Å². The van der Waals surface area contributed by atoms with E-state index in [1.165, 1.54) is 23.9 Å². The first-order chi connectivity index (χ1) is 15.9. The lowest BCUT2D eigenvalue weighted by molar-refractivity contribution is -0.137. The number of anilines is 2. The van der Waals surface area contributed by atoms with Crippen molar-refractivity contribution < 1.29 is 22.4 Å². The Bertz CT molecular complexity index is 1050. The number of nitrogens with zero attached hydrogens (tertiary/aromatic N) is 4. The van der Waals surface area contributed by atoms with Gasteiger partial charge < -0.3 is 19.5 Å². The minimum absolute atomic E-state index is 0.131. The smallest absolute Gasteiger partial charge is 0.416 e. The zero-order valence-corrected chi connectivity index (χ0v) is 18.4. The first kappa shape index (κ1) is 23.0. The molecule has 1 fully saturated rings. The molecule has 1 saturated heterocycles. The van der Waals surface area contributed by atoms with E-state index in [4.69, 9.17) is 4.42 Å². The topological polar surface area (TPSA) is 74.5 Å². The lowest BCUT2D eigenvalue weighted by atomic mass is 10.1. The van der Waals surface area contributed by atoms with Crippen LogP contribution in [0.1, 0.15) is 11.3 Å². The maximum absolute atomic E-state index is 13.0. The quantitative estimate of drug-likeness (QED) is 0.519.